The zero-order valence-electron chi connectivity index (χ0n) is 12.0. The Morgan fingerprint density at radius 1 is 1.33 bits per heavy atom. The molecular weight excluding hydrogens is 270 g/mol. The molecule has 5 nitrogen and oxygen atoms in total. The molecule has 0 bridgehead atoms. The van der Waals surface area contributed by atoms with Crippen molar-refractivity contribution >= 4 is 5.97 Å². The number of fused-ring (bicyclic) bond motifs is 1. The highest BCUT2D eigenvalue weighted by molar-refractivity contribution is 5.86. The lowest BCUT2D eigenvalue weighted by Crippen LogP contribution is -2.32. The Hall–Kier alpha value is -2.27. The fraction of sp³-hybridized carbons (Fsp3) is 0.312. The molecule has 110 valence electrons. The largest absolute Gasteiger partial charge is 0.488 e. The molecule has 2 unspecified atom stereocenters. The molecule has 3 rings (SSSR count). The van der Waals surface area contributed by atoms with Gasteiger partial charge in [0.15, 0.2) is 0 Å². The number of carbonyl (C=O) groups is 1. The van der Waals surface area contributed by atoms with E-state index in [0.29, 0.717) is 5.76 Å². The predicted octanol–water partition coefficient (Wildman–Crippen LogP) is 2.33. The molecule has 0 amide bonds. The second kappa shape index (κ2) is 5.61. The molecule has 0 aliphatic carbocycles. The van der Waals surface area contributed by atoms with Crippen LogP contribution in [0, 0.1) is 0 Å². The van der Waals surface area contributed by atoms with Crippen LogP contribution in [0.2, 0.25) is 0 Å². The van der Waals surface area contributed by atoms with Crippen molar-refractivity contribution in [2.24, 2.45) is 0 Å². The number of hydrogen-bond acceptors (Lipinski definition) is 5. The first-order valence-corrected chi connectivity index (χ1v) is 6.83. The number of ether oxygens (including phenoxy) is 2. The van der Waals surface area contributed by atoms with Crippen LogP contribution in [-0.2, 0) is 11.2 Å². The van der Waals surface area contributed by atoms with Gasteiger partial charge < -0.3 is 19.2 Å². The summed E-state index contributed by atoms with van der Waals surface area (Å²) in [6.45, 7) is 0. The smallest absolute Gasteiger partial charge is 0.373 e. The highest BCUT2D eigenvalue weighted by Gasteiger charge is 2.32. The number of esters is 1. The fourth-order valence-corrected chi connectivity index (χ4v) is 2.64. The van der Waals surface area contributed by atoms with Crippen LogP contribution in [0.4, 0.5) is 0 Å². The molecule has 1 aliphatic heterocycles. The second-order valence-electron chi connectivity index (χ2n) is 4.93. The Balaban J connectivity index is 1.80. The van der Waals surface area contributed by atoms with Crippen molar-refractivity contribution in [3.8, 4) is 5.75 Å². The highest BCUT2D eigenvalue weighted by atomic mass is 16.5. The number of methoxy groups -OCH3 is 1. The minimum atomic E-state index is -0.480. The van der Waals surface area contributed by atoms with Gasteiger partial charge in [0.2, 0.25) is 5.76 Å². The quantitative estimate of drug-likeness (QED) is 0.875. The van der Waals surface area contributed by atoms with E-state index in [2.05, 4.69) is 16.1 Å². The maximum absolute atomic E-state index is 11.5. The van der Waals surface area contributed by atoms with Crippen molar-refractivity contribution in [2.75, 3.05) is 14.2 Å². The Labute approximate surface area is 122 Å². The number of likely N-dealkylation sites (N-methyl/N-ethyl adjacent to an activating group) is 1. The van der Waals surface area contributed by atoms with E-state index in [1.807, 2.05) is 25.2 Å². The lowest BCUT2D eigenvalue weighted by Gasteiger charge is -2.20. The molecule has 21 heavy (non-hydrogen) atoms. The number of para-hydroxylation sites is 1. The first-order valence-electron chi connectivity index (χ1n) is 6.83. The summed E-state index contributed by atoms with van der Waals surface area (Å²) in [5.41, 5.74) is 1.18. The number of furan rings is 1. The van der Waals surface area contributed by atoms with Crippen LogP contribution < -0.4 is 10.1 Å². The summed E-state index contributed by atoms with van der Waals surface area (Å²) in [4.78, 5) is 11.5. The summed E-state index contributed by atoms with van der Waals surface area (Å²) in [6.07, 6.45) is 0.736. The maximum atomic E-state index is 11.5. The van der Waals surface area contributed by atoms with E-state index in [0.717, 1.165) is 12.2 Å². The molecular formula is C16H17NO4. The van der Waals surface area contributed by atoms with Crippen molar-refractivity contribution in [1.29, 1.82) is 0 Å². The van der Waals surface area contributed by atoms with Crippen LogP contribution >= 0.6 is 0 Å². The van der Waals surface area contributed by atoms with E-state index in [1.165, 1.54) is 12.7 Å². The van der Waals surface area contributed by atoms with Gasteiger partial charge in [0.05, 0.1) is 7.11 Å². The van der Waals surface area contributed by atoms with Gasteiger partial charge in [-0.05, 0) is 30.8 Å². The molecule has 5 heteroatoms. The van der Waals surface area contributed by atoms with Crippen molar-refractivity contribution in [2.45, 2.75) is 18.6 Å². The topological polar surface area (TPSA) is 60.7 Å². The molecule has 2 atom stereocenters. The molecule has 1 aromatic heterocycles. The number of hydrogen-bond donors (Lipinski definition) is 1. The summed E-state index contributed by atoms with van der Waals surface area (Å²) in [7, 11) is 3.17. The van der Waals surface area contributed by atoms with E-state index in [-0.39, 0.29) is 17.9 Å². The van der Waals surface area contributed by atoms with Crippen molar-refractivity contribution in [3.63, 3.8) is 0 Å². The lowest BCUT2D eigenvalue weighted by atomic mass is 10.0. The molecule has 1 N–H and O–H groups in total. The van der Waals surface area contributed by atoms with E-state index in [1.54, 1.807) is 12.1 Å². The summed E-state index contributed by atoms with van der Waals surface area (Å²) >= 11 is 0. The highest BCUT2D eigenvalue weighted by Crippen LogP contribution is 2.34. The maximum Gasteiger partial charge on any atom is 0.373 e. The first-order chi connectivity index (χ1) is 10.2. The zero-order valence-corrected chi connectivity index (χ0v) is 12.0. The Bertz CT molecular complexity index is 624. The third-order valence-corrected chi connectivity index (χ3v) is 3.67. The lowest BCUT2D eigenvalue weighted by molar-refractivity contribution is 0.0559. The van der Waals surface area contributed by atoms with Crippen LogP contribution in [0.3, 0.4) is 0 Å². The normalized spacial score (nSPS) is 17.9. The van der Waals surface area contributed by atoms with E-state index in [9.17, 15) is 4.79 Å². The Kier molecular flexibility index (Phi) is 3.66. The molecule has 0 saturated heterocycles. The number of carbonyl (C=O) groups excluding carboxylic acids is 1. The first kappa shape index (κ1) is 13.7. The van der Waals surface area contributed by atoms with E-state index in [4.69, 9.17) is 9.15 Å². The van der Waals surface area contributed by atoms with Gasteiger partial charge in [-0.1, -0.05) is 18.2 Å². The summed E-state index contributed by atoms with van der Waals surface area (Å²) in [5, 5.41) is 3.19. The predicted molar refractivity (Wildman–Crippen MR) is 76.4 cm³/mol. The van der Waals surface area contributed by atoms with Gasteiger partial charge in [-0.3, -0.25) is 0 Å². The van der Waals surface area contributed by atoms with Crippen LogP contribution in [0.25, 0.3) is 0 Å². The monoisotopic (exact) mass is 287 g/mol. The Morgan fingerprint density at radius 3 is 2.86 bits per heavy atom. The summed E-state index contributed by atoms with van der Waals surface area (Å²) < 4.78 is 16.2. The standard InChI is InChI=1S/C16H17NO4/c1-17-15(12-7-8-13(21-12)16(18)19-2)14-9-10-5-3-4-6-11(10)20-14/h3-8,14-15,17H,9H2,1-2H3. The van der Waals surface area contributed by atoms with Gasteiger partial charge in [0.25, 0.3) is 0 Å². The van der Waals surface area contributed by atoms with Gasteiger partial charge in [-0.2, -0.15) is 0 Å². The fourth-order valence-electron chi connectivity index (χ4n) is 2.64. The number of rotatable bonds is 4. The van der Waals surface area contributed by atoms with Crippen LogP contribution in [0.15, 0.2) is 40.8 Å². The van der Waals surface area contributed by atoms with Crippen molar-refractivity contribution < 1.29 is 18.7 Å². The van der Waals surface area contributed by atoms with Gasteiger partial charge in [0, 0.05) is 6.42 Å². The number of nitrogens with one attached hydrogen (secondary N) is 1. The SMILES string of the molecule is CNC(c1ccc(C(=O)OC)o1)C1Cc2ccccc2O1. The minimum absolute atomic E-state index is 0.0657. The second-order valence-corrected chi connectivity index (χ2v) is 4.93. The van der Waals surface area contributed by atoms with Gasteiger partial charge in [0.1, 0.15) is 23.7 Å². The molecule has 0 spiro atoms. The molecule has 0 radical (unpaired) electrons. The molecule has 2 heterocycles. The minimum Gasteiger partial charge on any atom is -0.488 e. The third kappa shape index (κ3) is 2.52. The molecule has 0 fully saturated rings. The van der Waals surface area contributed by atoms with Crippen LogP contribution in [-0.4, -0.2) is 26.2 Å². The van der Waals surface area contributed by atoms with Gasteiger partial charge >= 0.3 is 5.97 Å². The van der Waals surface area contributed by atoms with Crippen LogP contribution in [0.5, 0.6) is 5.75 Å². The van der Waals surface area contributed by atoms with Crippen LogP contribution in [0.1, 0.15) is 27.9 Å². The molecule has 1 aliphatic rings. The average molecular weight is 287 g/mol. The van der Waals surface area contributed by atoms with E-state index >= 15 is 0 Å². The number of benzene rings is 1. The van der Waals surface area contributed by atoms with Crippen molar-refractivity contribution in [1.82, 2.24) is 5.32 Å². The summed E-state index contributed by atoms with van der Waals surface area (Å²) in [6, 6.07) is 11.2. The van der Waals surface area contributed by atoms with Crippen molar-refractivity contribution in [3.05, 3.63) is 53.5 Å². The van der Waals surface area contributed by atoms with Gasteiger partial charge in [-0.25, -0.2) is 4.79 Å². The third-order valence-electron chi connectivity index (χ3n) is 3.67. The van der Waals surface area contributed by atoms with E-state index < -0.39 is 5.97 Å². The molecule has 2 aromatic rings. The zero-order chi connectivity index (χ0) is 14.8. The average Bonchev–Trinajstić information content (AvgIpc) is 3.14. The summed E-state index contributed by atoms with van der Waals surface area (Å²) in [5.74, 6) is 1.29. The Morgan fingerprint density at radius 2 is 2.14 bits per heavy atom. The molecule has 0 saturated carbocycles. The molecule has 1 aromatic carbocycles. The van der Waals surface area contributed by atoms with Gasteiger partial charge in [-0.15, -0.1) is 0 Å².